The molecule has 0 aliphatic carbocycles. The van der Waals surface area contributed by atoms with Gasteiger partial charge in [-0.1, -0.05) is 18.2 Å². The summed E-state index contributed by atoms with van der Waals surface area (Å²) in [6, 6.07) is 17.5. The number of rotatable bonds is 6. The van der Waals surface area contributed by atoms with E-state index < -0.39 is 23.6 Å². The smallest absolute Gasteiger partial charge is 0.416 e. The summed E-state index contributed by atoms with van der Waals surface area (Å²) < 4.78 is 43.6. The van der Waals surface area contributed by atoms with E-state index in [9.17, 15) is 22.8 Å². The number of ether oxygens (including phenoxy) is 1. The van der Waals surface area contributed by atoms with Crippen molar-refractivity contribution in [3.8, 4) is 5.75 Å². The van der Waals surface area contributed by atoms with E-state index in [1.165, 1.54) is 30.3 Å². The maximum absolute atomic E-state index is 12.8. The lowest BCUT2D eigenvalue weighted by Crippen LogP contribution is -2.32. The zero-order valence-electron chi connectivity index (χ0n) is 18.3. The van der Waals surface area contributed by atoms with Gasteiger partial charge in [-0.25, -0.2) is 0 Å². The number of alkyl halides is 3. The van der Waals surface area contributed by atoms with E-state index in [1.54, 1.807) is 49.6 Å². The third kappa shape index (κ3) is 7.68. The SMILES string of the molecule is COc1ccc(/C=C/C(=O)NC(=S)Nc2ccc(C(=O)Nc3cccc(C(F)(F)F)c3)cc2)cc1. The normalized spacial score (nSPS) is 11.1. The third-order valence-electron chi connectivity index (χ3n) is 4.63. The summed E-state index contributed by atoms with van der Waals surface area (Å²) in [4.78, 5) is 24.4. The van der Waals surface area contributed by atoms with Crippen molar-refractivity contribution in [2.24, 2.45) is 0 Å². The van der Waals surface area contributed by atoms with Crippen LogP contribution in [0.15, 0.2) is 78.9 Å². The van der Waals surface area contributed by atoms with Crippen molar-refractivity contribution in [2.45, 2.75) is 6.18 Å². The van der Waals surface area contributed by atoms with Crippen molar-refractivity contribution in [3.05, 3.63) is 95.6 Å². The highest BCUT2D eigenvalue weighted by Crippen LogP contribution is 2.30. The standard InChI is InChI=1S/C25H20F3N3O3S/c1-34-21-12-5-16(6-13-21)7-14-22(32)31-24(35)30-19-10-8-17(9-11-19)23(33)29-20-4-2-3-18(15-20)25(26,27)28/h2-15H,1H3,(H,29,33)(H2,30,31,32,35)/b14-7+. The summed E-state index contributed by atoms with van der Waals surface area (Å²) in [5.41, 5.74) is 0.706. The molecule has 10 heteroatoms. The fourth-order valence-corrected chi connectivity index (χ4v) is 3.10. The van der Waals surface area contributed by atoms with Gasteiger partial charge in [-0.3, -0.25) is 14.9 Å². The van der Waals surface area contributed by atoms with Gasteiger partial charge < -0.3 is 15.4 Å². The molecule has 0 spiro atoms. The Balaban J connectivity index is 1.52. The van der Waals surface area contributed by atoms with Crippen LogP contribution in [0.4, 0.5) is 24.5 Å². The van der Waals surface area contributed by atoms with Gasteiger partial charge in [-0.2, -0.15) is 13.2 Å². The number of hydrogen-bond acceptors (Lipinski definition) is 4. The van der Waals surface area contributed by atoms with Crippen LogP contribution in [0.3, 0.4) is 0 Å². The molecule has 0 unspecified atom stereocenters. The molecule has 3 aromatic rings. The number of carbonyl (C=O) groups excluding carboxylic acids is 2. The van der Waals surface area contributed by atoms with E-state index in [4.69, 9.17) is 17.0 Å². The summed E-state index contributed by atoms with van der Waals surface area (Å²) in [7, 11) is 1.56. The Bertz CT molecular complexity index is 1240. The summed E-state index contributed by atoms with van der Waals surface area (Å²) in [5.74, 6) is -0.304. The molecule has 180 valence electrons. The molecule has 3 rings (SSSR count). The van der Waals surface area contributed by atoms with E-state index in [-0.39, 0.29) is 16.4 Å². The minimum atomic E-state index is -4.51. The number of methoxy groups -OCH3 is 1. The van der Waals surface area contributed by atoms with E-state index in [0.717, 1.165) is 17.7 Å². The zero-order chi connectivity index (χ0) is 25.4. The second kappa shape index (κ2) is 11.3. The van der Waals surface area contributed by atoms with Crippen molar-refractivity contribution >= 4 is 46.6 Å². The van der Waals surface area contributed by atoms with Crippen LogP contribution in [0.5, 0.6) is 5.75 Å². The number of carbonyl (C=O) groups is 2. The van der Waals surface area contributed by atoms with Gasteiger partial charge >= 0.3 is 6.18 Å². The fourth-order valence-electron chi connectivity index (χ4n) is 2.88. The van der Waals surface area contributed by atoms with Crippen LogP contribution in [0.25, 0.3) is 6.08 Å². The van der Waals surface area contributed by atoms with Crippen LogP contribution in [0.2, 0.25) is 0 Å². The van der Waals surface area contributed by atoms with Gasteiger partial charge in [-0.15, -0.1) is 0 Å². The number of hydrogen-bond donors (Lipinski definition) is 3. The van der Waals surface area contributed by atoms with Crippen molar-refractivity contribution < 1.29 is 27.5 Å². The summed E-state index contributed by atoms with van der Waals surface area (Å²) in [6.07, 6.45) is -1.56. The van der Waals surface area contributed by atoms with Gasteiger partial charge in [0.1, 0.15) is 5.75 Å². The van der Waals surface area contributed by atoms with Crippen molar-refractivity contribution in [1.82, 2.24) is 5.32 Å². The van der Waals surface area contributed by atoms with E-state index in [2.05, 4.69) is 16.0 Å². The molecule has 6 nitrogen and oxygen atoms in total. The minimum Gasteiger partial charge on any atom is -0.497 e. The minimum absolute atomic E-state index is 0.0265. The van der Waals surface area contributed by atoms with E-state index in [1.807, 2.05) is 0 Å². The van der Waals surface area contributed by atoms with Crippen LogP contribution in [-0.2, 0) is 11.0 Å². The highest BCUT2D eigenvalue weighted by atomic mass is 32.1. The third-order valence-corrected chi connectivity index (χ3v) is 4.84. The van der Waals surface area contributed by atoms with Gasteiger partial charge in [0, 0.05) is 23.0 Å². The Morgan fingerprint density at radius 2 is 1.60 bits per heavy atom. The Kier molecular flexibility index (Phi) is 8.21. The van der Waals surface area contributed by atoms with Gasteiger partial charge in [0.25, 0.3) is 5.91 Å². The molecule has 0 radical (unpaired) electrons. The molecule has 35 heavy (non-hydrogen) atoms. The monoisotopic (exact) mass is 499 g/mol. The molecule has 0 atom stereocenters. The van der Waals surface area contributed by atoms with Crippen molar-refractivity contribution in [2.75, 3.05) is 17.7 Å². The lowest BCUT2D eigenvalue weighted by molar-refractivity contribution is -0.137. The molecule has 0 bridgehead atoms. The average molecular weight is 500 g/mol. The van der Waals surface area contributed by atoms with Gasteiger partial charge in [0.05, 0.1) is 12.7 Å². The molecule has 2 amide bonds. The lowest BCUT2D eigenvalue weighted by atomic mass is 10.1. The highest BCUT2D eigenvalue weighted by Gasteiger charge is 2.30. The average Bonchev–Trinajstić information content (AvgIpc) is 2.83. The Hall–Kier alpha value is -4.18. The second-order valence-electron chi connectivity index (χ2n) is 7.16. The Morgan fingerprint density at radius 1 is 0.914 bits per heavy atom. The fraction of sp³-hybridized carbons (Fsp3) is 0.0800. The maximum Gasteiger partial charge on any atom is 0.416 e. The van der Waals surface area contributed by atoms with Crippen LogP contribution >= 0.6 is 12.2 Å². The maximum atomic E-state index is 12.8. The van der Waals surface area contributed by atoms with Crippen LogP contribution in [0, 0.1) is 0 Å². The molecule has 0 aromatic heterocycles. The first-order valence-electron chi connectivity index (χ1n) is 10.2. The molecule has 0 saturated carbocycles. The van der Waals surface area contributed by atoms with Crippen molar-refractivity contribution in [1.29, 1.82) is 0 Å². The lowest BCUT2D eigenvalue weighted by Gasteiger charge is -2.11. The number of nitrogens with one attached hydrogen (secondary N) is 3. The Labute approximate surface area is 204 Å². The Morgan fingerprint density at radius 3 is 2.23 bits per heavy atom. The molecular weight excluding hydrogens is 479 g/mol. The highest BCUT2D eigenvalue weighted by molar-refractivity contribution is 7.80. The predicted molar refractivity (Wildman–Crippen MR) is 132 cm³/mol. The number of amides is 2. The molecular formula is C25H20F3N3O3S. The largest absolute Gasteiger partial charge is 0.497 e. The first-order chi connectivity index (χ1) is 16.6. The molecule has 0 aliphatic heterocycles. The summed E-state index contributed by atoms with van der Waals surface area (Å²) >= 11 is 5.12. The predicted octanol–water partition coefficient (Wildman–Crippen LogP) is 5.49. The first kappa shape index (κ1) is 25.4. The number of benzene rings is 3. The van der Waals surface area contributed by atoms with Gasteiger partial charge in [0.2, 0.25) is 5.91 Å². The molecule has 0 aliphatic rings. The van der Waals surface area contributed by atoms with Crippen LogP contribution < -0.4 is 20.7 Å². The topological polar surface area (TPSA) is 79.5 Å². The quantitative estimate of drug-likeness (QED) is 0.309. The first-order valence-corrected chi connectivity index (χ1v) is 10.6. The summed E-state index contributed by atoms with van der Waals surface area (Å²) in [5, 5.41) is 7.81. The number of halogens is 3. The molecule has 0 saturated heterocycles. The zero-order valence-corrected chi connectivity index (χ0v) is 19.2. The number of thiocarbonyl (C=S) groups is 1. The number of anilines is 2. The second-order valence-corrected chi connectivity index (χ2v) is 7.57. The molecule has 0 fully saturated rings. The molecule has 3 N–H and O–H groups in total. The molecule has 3 aromatic carbocycles. The van der Waals surface area contributed by atoms with Gasteiger partial charge in [0.15, 0.2) is 5.11 Å². The molecule has 0 heterocycles. The van der Waals surface area contributed by atoms with Crippen LogP contribution in [0.1, 0.15) is 21.5 Å². The summed E-state index contributed by atoms with van der Waals surface area (Å²) in [6.45, 7) is 0. The van der Waals surface area contributed by atoms with E-state index in [0.29, 0.717) is 11.4 Å². The van der Waals surface area contributed by atoms with Crippen LogP contribution in [-0.4, -0.2) is 24.0 Å². The van der Waals surface area contributed by atoms with E-state index >= 15 is 0 Å². The van der Waals surface area contributed by atoms with Crippen molar-refractivity contribution in [3.63, 3.8) is 0 Å². The van der Waals surface area contributed by atoms with Gasteiger partial charge in [-0.05, 0) is 78.5 Å².